The Hall–Kier alpha value is -3.07. The van der Waals surface area contributed by atoms with Crippen molar-refractivity contribution in [2.75, 3.05) is 0 Å². The Bertz CT molecular complexity index is 1260. The molecule has 4 aromatic rings. The Balaban J connectivity index is 1.91. The third-order valence-corrected chi connectivity index (χ3v) is 4.86. The molecule has 0 aliphatic carbocycles. The number of aromatic amines is 1. The van der Waals surface area contributed by atoms with Crippen LogP contribution in [0, 0.1) is 0 Å². The summed E-state index contributed by atoms with van der Waals surface area (Å²) >= 11 is 0. The Labute approximate surface area is 144 Å². The van der Waals surface area contributed by atoms with Crippen LogP contribution in [0.5, 0.6) is 5.75 Å². The van der Waals surface area contributed by atoms with E-state index in [4.69, 9.17) is 4.74 Å². The van der Waals surface area contributed by atoms with Crippen LogP contribution in [0.1, 0.15) is 19.4 Å². The van der Waals surface area contributed by atoms with Gasteiger partial charge in [-0.05, 0) is 61.0 Å². The fourth-order valence-electron chi connectivity index (χ4n) is 3.59. The number of benzene rings is 3. The second kappa shape index (κ2) is 4.73. The third kappa shape index (κ3) is 2.09. The first-order chi connectivity index (χ1) is 12.0. The molecule has 0 saturated carbocycles. The molecule has 2 heterocycles. The van der Waals surface area contributed by atoms with Crippen LogP contribution in [0.2, 0.25) is 0 Å². The van der Waals surface area contributed by atoms with Gasteiger partial charge >= 0.3 is 0 Å². The monoisotopic (exact) mass is 327 g/mol. The topological polar surface area (TPSA) is 42.1 Å². The van der Waals surface area contributed by atoms with E-state index in [-0.39, 0.29) is 11.0 Å². The van der Waals surface area contributed by atoms with Crippen LogP contribution in [-0.4, -0.2) is 10.6 Å². The van der Waals surface area contributed by atoms with Gasteiger partial charge in [0.1, 0.15) is 11.4 Å². The van der Waals surface area contributed by atoms with E-state index in [0.29, 0.717) is 10.8 Å². The molecule has 0 fully saturated rings. The van der Waals surface area contributed by atoms with Crippen molar-refractivity contribution in [2.45, 2.75) is 19.4 Å². The highest BCUT2D eigenvalue weighted by Gasteiger charge is 2.23. The van der Waals surface area contributed by atoms with E-state index in [2.05, 4.69) is 11.1 Å². The molecule has 0 radical (unpaired) electrons. The van der Waals surface area contributed by atoms with Gasteiger partial charge in [0.15, 0.2) is 5.43 Å². The highest BCUT2D eigenvalue weighted by molar-refractivity contribution is 6.03. The van der Waals surface area contributed by atoms with Crippen LogP contribution in [-0.2, 0) is 0 Å². The summed E-state index contributed by atoms with van der Waals surface area (Å²) in [5, 5.41) is 3.59. The molecule has 1 aliphatic rings. The van der Waals surface area contributed by atoms with Gasteiger partial charge in [0, 0.05) is 16.3 Å². The Morgan fingerprint density at radius 3 is 2.52 bits per heavy atom. The number of rotatable bonds is 0. The lowest BCUT2D eigenvalue weighted by atomic mass is 9.98. The lowest BCUT2D eigenvalue weighted by molar-refractivity contribution is 0.159. The molecule has 1 N–H and O–H groups in total. The standard InChI is InChI=1S/C22H17NO2/c1-22(2)10-9-15-19(25-22)8-7-16-20(15)23-18-12-14-6-4-3-5-13(14)11-17(18)21(16)24/h3-12H,1-2H3,(H,23,24). The molecular formula is C22H17NO2. The van der Waals surface area contributed by atoms with Crippen molar-refractivity contribution in [3.63, 3.8) is 0 Å². The van der Waals surface area contributed by atoms with Crippen molar-refractivity contribution in [1.82, 2.24) is 4.98 Å². The number of hydrogen-bond acceptors (Lipinski definition) is 2. The van der Waals surface area contributed by atoms with Crippen LogP contribution in [0.4, 0.5) is 0 Å². The van der Waals surface area contributed by atoms with Gasteiger partial charge in [0.2, 0.25) is 0 Å². The van der Waals surface area contributed by atoms with Crippen LogP contribution in [0.25, 0.3) is 38.7 Å². The zero-order valence-electron chi connectivity index (χ0n) is 14.1. The molecular weight excluding hydrogens is 310 g/mol. The van der Waals surface area contributed by atoms with E-state index >= 15 is 0 Å². The normalized spacial score (nSPS) is 15.4. The van der Waals surface area contributed by atoms with Crippen molar-refractivity contribution in [3.8, 4) is 5.75 Å². The highest BCUT2D eigenvalue weighted by Crippen LogP contribution is 2.35. The molecule has 0 atom stereocenters. The fraction of sp³-hybridized carbons (Fsp3) is 0.136. The quantitative estimate of drug-likeness (QED) is 0.461. The van der Waals surface area contributed by atoms with Crippen LogP contribution >= 0.6 is 0 Å². The highest BCUT2D eigenvalue weighted by atomic mass is 16.5. The van der Waals surface area contributed by atoms with Crippen molar-refractivity contribution < 1.29 is 4.74 Å². The molecule has 1 aliphatic heterocycles. The molecule has 3 heteroatoms. The average molecular weight is 327 g/mol. The maximum atomic E-state index is 13.1. The molecule has 122 valence electrons. The van der Waals surface area contributed by atoms with Gasteiger partial charge in [-0.3, -0.25) is 4.79 Å². The molecule has 5 rings (SSSR count). The van der Waals surface area contributed by atoms with Gasteiger partial charge < -0.3 is 9.72 Å². The summed E-state index contributed by atoms with van der Waals surface area (Å²) in [6.45, 7) is 4.04. The van der Waals surface area contributed by atoms with Crippen LogP contribution in [0.15, 0.2) is 59.4 Å². The Morgan fingerprint density at radius 1 is 0.960 bits per heavy atom. The number of H-pyrrole nitrogens is 1. The SMILES string of the molecule is CC1(C)C=Cc2c(ccc3c(=O)c4cc5ccccc5cc4[nH]c23)O1. The van der Waals surface area contributed by atoms with E-state index in [1.165, 1.54) is 0 Å². The number of hydrogen-bond donors (Lipinski definition) is 1. The van der Waals surface area contributed by atoms with E-state index in [1.54, 1.807) is 0 Å². The van der Waals surface area contributed by atoms with Crippen molar-refractivity contribution in [2.24, 2.45) is 0 Å². The second-order valence-corrected chi connectivity index (χ2v) is 7.14. The minimum absolute atomic E-state index is 0.0514. The largest absolute Gasteiger partial charge is 0.483 e. The molecule has 3 nitrogen and oxygen atoms in total. The molecule has 0 saturated heterocycles. The molecule has 0 spiro atoms. The van der Waals surface area contributed by atoms with Gasteiger partial charge in [0.05, 0.1) is 11.0 Å². The van der Waals surface area contributed by atoms with Gasteiger partial charge in [-0.15, -0.1) is 0 Å². The Kier molecular flexibility index (Phi) is 2.70. The molecule has 0 bridgehead atoms. The van der Waals surface area contributed by atoms with Crippen molar-refractivity contribution in [1.29, 1.82) is 0 Å². The van der Waals surface area contributed by atoms with Gasteiger partial charge in [-0.1, -0.05) is 24.3 Å². The summed E-state index contributed by atoms with van der Waals surface area (Å²) in [5.41, 5.74) is 2.33. The zero-order chi connectivity index (χ0) is 17.2. The smallest absolute Gasteiger partial charge is 0.197 e. The van der Waals surface area contributed by atoms with Crippen molar-refractivity contribution >= 4 is 38.7 Å². The minimum atomic E-state index is -0.339. The number of nitrogens with one attached hydrogen (secondary N) is 1. The minimum Gasteiger partial charge on any atom is -0.483 e. The number of ether oxygens (including phenoxy) is 1. The van der Waals surface area contributed by atoms with E-state index < -0.39 is 0 Å². The van der Waals surface area contributed by atoms with Crippen LogP contribution in [0.3, 0.4) is 0 Å². The van der Waals surface area contributed by atoms with Crippen LogP contribution < -0.4 is 10.2 Å². The van der Waals surface area contributed by atoms with Crippen molar-refractivity contribution in [3.05, 3.63) is 70.4 Å². The van der Waals surface area contributed by atoms with Gasteiger partial charge in [0.25, 0.3) is 0 Å². The Morgan fingerprint density at radius 2 is 1.72 bits per heavy atom. The van der Waals surface area contributed by atoms with E-state index in [9.17, 15) is 4.79 Å². The average Bonchev–Trinajstić information content (AvgIpc) is 2.59. The maximum Gasteiger partial charge on any atom is 0.197 e. The summed E-state index contributed by atoms with van der Waals surface area (Å²) in [6.07, 6.45) is 4.07. The summed E-state index contributed by atoms with van der Waals surface area (Å²) in [5.74, 6) is 0.802. The maximum absolute atomic E-state index is 13.1. The number of aromatic nitrogens is 1. The zero-order valence-corrected chi connectivity index (χ0v) is 14.1. The molecule has 0 amide bonds. The summed E-state index contributed by atoms with van der Waals surface area (Å²) < 4.78 is 6.04. The molecule has 0 unspecified atom stereocenters. The second-order valence-electron chi connectivity index (χ2n) is 7.14. The van der Waals surface area contributed by atoms with E-state index in [0.717, 1.165) is 33.1 Å². The predicted molar refractivity (Wildman–Crippen MR) is 103 cm³/mol. The lowest BCUT2D eigenvalue weighted by Crippen LogP contribution is -2.27. The summed E-state index contributed by atoms with van der Waals surface area (Å²) in [7, 11) is 0. The molecule has 25 heavy (non-hydrogen) atoms. The first-order valence-electron chi connectivity index (χ1n) is 8.42. The summed E-state index contributed by atoms with van der Waals surface area (Å²) in [4.78, 5) is 16.5. The number of pyridine rings is 1. The van der Waals surface area contributed by atoms with Gasteiger partial charge in [-0.2, -0.15) is 0 Å². The molecule has 1 aromatic heterocycles. The predicted octanol–water partition coefficient (Wildman–Crippen LogP) is 5.02. The van der Waals surface area contributed by atoms with Gasteiger partial charge in [-0.25, -0.2) is 0 Å². The first kappa shape index (κ1) is 14.3. The first-order valence-corrected chi connectivity index (χ1v) is 8.42. The number of fused-ring (bicyclic) bond motifs is 5. The fourth-order valence-corrected chi connectivity index (χ4v) is 3.59. The van der Waals surface area contributed by atoms with E-state index in [1.807, 2.05) is 68.5 Å². The lowest BCUT2D eigenvalue weighted by Gasteiger charge is -2.28. The third-order valence-electron chi connectivity index (χ3n) is 4.86. The summed E-state index contributed by atoms with van der Waals surface area (Å²) in [6, 6.07) is 15.9. The molecule has 3 aromatic carbocycles.